The first-order valence-electron chi connectivity index (χ1n) is 6.84. The van der Waals surface area contributed by atoms with E-state index in [0.29, 0.717) is 23.8 Å². The monoisotopic (exact) mass is 332 g/mol. The Labute approximate surface area is 135 Å². The van der Waals surface area contributed by atoms with Gasteiger partial charge in [0, 0.05) is 6.07 Å². The highest BCUT2D eigenvalue weighted by atomic mass is 32.2. The second kappa shape index (κ2) is 7.03. The maximum Gasteiger partial charge on any atom is 0.261 e. The molecule has 0 saturated heterocycles. The topological polar surface area (TPSA) is 88.4 Å². The van der Waals surface area contributed by atoms with Crippen LogP contribution in [0.5, 0.6) is 11.5 Å². The van der Waals surface area contributed by atoms with Crippen LogP contribution in [0.3, 0.4) is 0 Å². The van der Waals surface area contributed by atoms with Gasteiger partial charge < -0.3 is 9.47 Å². The zero-order valence-electron chi connectivity index (χ0n) is 12.7. The van der Waals surface area contributed by atoms with Crippen LogP contribution in [0.25, 0.3) is 0 Å². The summed E-state index contributed by atoms with van der Waals surface area (Å²) in [6.07, 6.45) is 0. The molecule has 2 aromatic rings. The van der Waals surface area contributed by atoms with Crippen LogP contribution in [0.1, 0.15) is 12.5 Å². The lowest BCUT2D eigenvalue weighted by Gasteiger charge is -2.12. The van der Waals surface area contributed by atoms with E-state index in [0.717, 1.165) is 0 Å². The fourth-order valence-corrected chi connectivity index (χ4v) is 3.05. The molecule has 0 saturated carbocycles. The van der Waals surface area contributed by atoms with Crippen LogP contribution in [0.4, 0.5) is 5.69 Å². The number of nitrogens with one attached hydrogen (secondary N) is 1. The van der Waals surface area contributed by atoms with Gasteiger partial charge in [-0.2, -0.15) is 5.26 Å². The standard InChI is InChI=1S/C16H16N2O4S/c1-3-22-15-8-7-13(10-16(15)21-2)18-23(19,20)14-6-4-5-12(9-14)11-17/h4-10,18H,3H2,1-2H3. The molecule has 0 aliphatic heterocycles. The Bertz CT molecular complexity index is 841. The maximum absolute atomic E-state index is 12.4. The Morgan fingerprint density at radius 1 is 1.17 bits per heavy atom. The molecule has 120 valence electrons. The molecule has 0 atom stereocenters. The van der Waals surface area contributed by atoms with Gasteiger partial charge in [-0.25, -0.2) is 8.42 Å². The zero-order valence-corrected chi connectivity index (χ0v) is 13.6. The molecule has 7 heteroatoms. The molecule has 0 spiro atoms. The van der Waals surface area contributed by atoms with Gasteiger partial charge in [0.1, 0.15) is 0 Å². The lowest BCUT2D eigenvalue weighted by atomic mass is 10.2. The fraction of sp³-hybridized carbons (Fsp3) is 0.188. The molecule has 0 heterocycles. The number of nitrogens with zero attached hydrogens (tertiary/aromatic N) is 1. The summed E-state index contributed by atoms with van der Waals surface area (Å²) < 4.78 is 37.8. The number of rotatable bonds is 6. The van der Waals surface area contributed by atoms with Crippen molar-refractivity contribution in [2.75, 3.05) is 18.4 Å². The predicted octanol–water partition coefficient (Wildman–Crippen LogP) is 2.77. The first-order chi connectivity index (χ1) is 11.0. The van der Waals surface area contributed by atoms with E-state index >= 15 is 0 Å². The summed E-state index contributed by atoms with van der Waals surface area (Å²) in [5.41, 5.74) is 0.616. The maximum atomic E-state index is 12.4. The number of methoxy groups -OCH3 is 1. The van der Waals surface area contributed by atoms with E-state index in [2.05, 4.69) is 4.72 Å². The third kappa shape index (κ3) is 3.93. The van der Waals surface area contributed by atoms with Crippen molar-refractivity contribution in [2.45, 2.75) is 11.8 Å². The fourth-order valence-electron chi connectivity index (χ4n) is 1.95. The number of benzene rings is 2. The second-order valence-corrected chi connectivity index (χ2v) is 6.23. The molecule has 6 nitrogen and oxygen atoms in total. The highest BCUT2D eigenvalue weighted by molar-refractivity contribution is 7.92. The molecule has 23 heavy (non-hydrogen) atoms. The van der Waals surface area contributed by atoms with Crippen molar-refractivity contribution in [3.05, 3.63) is 48.0 Å². The molecule has 0 aliphatic rings. The van der Waals surface area contributed by atoms with E-state index in [4.69, 9.17) is 14.7 Å². The molecular weight excluding hydrogens is 316 g/mol. The molecule has 0 bridgehead atoms. The van der Waals surface area contributed by atoms with Gasteiger partial charge in [-0.3, -0.25) is 4.72 Å². The van der Waals surface area contributed by atoms with Crippen molar-refractivity contribution in [3.63, 3.8) is 0 Å². The minimum atomic E-state index is -3.79. The van der Waals surface area contributed by atoms with Gasteiger partial charge in [-0.05, 0) is 37.3 Å². The Hall–Kier alpha value is -2.72. The Morgan fingerprint density at radius 2 is 1.96 bits per heavy atom. The van der Waals surface area contributed by atoms with Crippen molar-refractivity contribution in [1.82, 2.24) is 0 Å². The molecule has 2 rings (SSSR count). The van der Waals surface area contributed by atoms with Crippen molar-refractivity contribution < 1.29 is 17.9 Å². The number of ether oxygens (including phenoxy) is 2. The third-order valence-corrected chi connectivity index (χ3v) is 4.37. The van der Waals surface area contributed by atoms with Crippen molar-refractivity contribution in [2.24, 2.45) is 0 Å². The number of hydrogen-bond acceptors (Lipinski definition) is 5. The van der Waals surface area contributed by atoms with Crippen molar-refractivity contribution in [3.8, 4) is 17.6 Å². The number of sulfonamides is 1. The van der Waals surface area contributed by atoms with Crippen LogP contribution >= 0.6 is 0 Å². The molecule has 0 aliphatic carbocycles. The lowest BCUT2D eigenvalue weighted by Crippen LogP contribution is -2.13. The summed E-state index contributed by atoms with van der Waals surface area (Å²) in [6.45, 7) is 2.32. The van der Waals surface area contributed by atoms with E-state index < -0.39 is 10.0 Å². The third-order valence-electron chi connectivity index (χ3n) is 2.99. The molecule has 1 N–H and O–H groups in total. The average Bonchev–Trinajstić information content (AvgIpc) is 2.56. The van der Waals surface area contributed by atoms with Crippen LogP contribution in [0.15, 0.2) is 47.4 Å². The first kappa shape index (κ1) is 16.6. The zero-order chi connectivity index (χ0) is 16.9. The summed E-state index contributed by atoms with van der Waals surface area (Å²) in [5, 5.41) is 8.87. The van der Waals surface area contributed by atoms with Gasteiger partial charge in [-0.15, -0.1) is 0 Å². The normalized spacial score (nSPS) is 10.7. The van der Waals surface area contributed by atoms with Gasteiger partial charge in [-0.1, -0.05) is 6.07 Å². The highest BCUT2D eigenvalue weighted by Gasteiger charge is 2.16. The van der Waals surface area contributed by atoms with E-state index in [1.807, 2.05) is 13.0 Å². The van der Waals surface area contributed by atoms with Crippen LogP contribution in [0, 0.1) is 11.3 Å². The smallest absolute Gasteiger partial charge is 0.261 e. The minimum absolute atomic E-state index is 0.0180. The predicted molar refractivity (Wildman–Crippen MR) is 86.1 cm³/mol. The molecule has 0 aromatic heterocycles. The number of hydrogen-bond donors (Lipinski definition) is 1. The van der Waals surface area contributed by atoms with Crippen LogP contribution < -0.4 is 14.2 Å². The van der Waals surface area contributed by atoms with E-state index in [9.17, 15) is 8.42 Å². The Morgan fingerprint density at radius 3 is 2.61 bits per heavy atom. The van der Waals surface area contributed by atoms with Crippen molar-refractivity contribution >= 4 is 15.7 Å². The second-order valence-electron chi connectivity index (χ2n) is 4.54. The molecule has 2 aromatic carbocycles. The summed E-state index contributed by atoms with van der Waals surface area (Å²) in [6, 6.07) is 12.5. The van der Waals surface area contributed by atoms with Crippen LogP contribution in [-0.4, -0.2) is 22.1 Å². The molecule has 0 amide bonds. The van der Waals surface area contributed by atoms with E-state index in [1.54, 1.807) is 18.2 Å². The summed E-state index contributed by atoms with van der Waals surface area (Å²) in [4.78, 5) is 0.0180. The first-order valence-corrected chi connectivity index (χ1v) is 8.32. The van der Waals surface area contributed by atoms with E-state index in [-0.39, 0.29) is 10.5 Å². The Balaban J connectivity index is 2.32. The SMILES string of the molecule is CCOc1ccc(NS(=O)(=O)c2cccc(C#N)c2)cc1OC. The molecular formula is C16H16N2O4S. The van der Waals surface area contributed by atoms with Gasteiger partial charge in [0.05, 0.1) is 35.9 Å². The van der Waals surface area contributed by atoms with Crippen LogP contribution in [0.2, 0.25) is 0 Å². The highest BCUT2D eigenvalue weighted by Crippen LogP contribution is 2.31. The van der Waals surface area contributed by atoms with Crippen molar-refractivity contribution in [1.29, 1.82) is 5.26 Å². The minimum Gasteiger partial charge on any atom is -0.493 e. The Kier molecular flexibility index (Phi) is 5.09. The summed E-state index contributed by atoms with van der Waals surface area (Å²) >= 11 is 0. The molecule has 0 fully saturated rings. The molecule has 0 unspecified atom stereocenters. The average molecular weight is 332 g/mol. The number of nitriles is 1. The van der Waals surface area contributed by atoms with Gasteiger partial charge in [0.15, 0.2) is 11.5 Å². The van der Waals surface area contributed by atoms with Gasteiger partial charge in [0.25, 0.3) is 10.0 Å². The summed E-state index contributed by atoms with van der Waals surface area (Å²) in [7, 11) is -2.31. The molecule has 0 radical (unpaired) electrons. The summed E-state index contributed by atoms with van der Waals surface area (Å²) in [5.74, 6) is 0.960. The van der Waals surface area contributed by atoms with Gasteiger partial charge >= 0.3 is 0 Å². The number of anilines is 1. The van der Waals surface area contributed by atoms with Crippen LogP contribution in [-0.2, 0) is 10.0 Å². The quantitative estimate of drug-likeness (QED) is 0.878. The largest absolute Gasteiger partial charge is 0.493 e. The van der Waals surface area contributed by atoms with Gasteiger partial charge in [0.2, 0.25) is 0 Å². The lowest BCUT2D eigenvalue weighted by molar-refractivity contribution is 0.311. The van der Waals surface area contributed by atoms with E-state index in [1.165, 1.54) is 31.4 Å².